The van der Waals surface area contributed by atoms with E-state index in [9.17, 15) is 14.7 Å². The number of aliphatic carboxylic acids is 1. The van der Waals surface area contributed by atoms with Gasteiger partial charge in [0.15, 0.2) is 0 Å². The molecule has 0 fully saturated rings. The first-order chi connectivity index (χ1) is 7.61. The zero-order valence-corrected chi connectivity index (χ0v) is 11.2. The van der Waals surface area contributed by atoms with Gasteiger partial charge in [-0.05, 0) is 12.1 Å². The normalized spacial score (nSPS) is 18.6. The third kappa shape index (κ3) is 2.55. The Labute approximate surface area is 119 Å². The molecule has 0 aromatic heterocycles. The van der Waals surface area contributed by atoms with Gasteiger partial charge in [0.05, 0.1) is 11.7 Å². The first-order valence-corrected chi connectivity index (χ1v) is 4.55. The number of para-hydroxylation sites is 1. The largest absolute Gasteiger partial charge is 1.00 e. The van der Waals surface area contributed by atoms with Crippen LogP contribution in [0.3, 0.4) is 0 Å². The molecule has 0 bridgehead atoms. The Hall–Kier alpha value is -1.21. The topological polar surface area (TPSA) is 98.8 Å². The molecule has 0 spiro atoms. The van der Waals surface area contributed by atoms with Gasteiger partial charge in [-0.3, -0.25) is 4.79 Å². The third-order valence-electron chi connectivity index (χ3n) is 2.19. The molecule has 1 aromatic carbocycles. The summed E-state index contributed by atoms with van der Waals surface area (Å²) in [5.74, 6) is -2.11. The van der Waals surface area contributed by atoms with Crippen LogP contribution in [0.2, 0.25) is 0 Å². The monoisotopic (exact) mass is 241 g/mol. The van der Waals surface area contributed by atoms with Crippen molar-refractivity contribution < 1.29 is 44.3 Å². The van der Waals surface area contributed by atoms with Crippen molar-refractivity contribution in [1.82, 2.24) is 0 Å². The van der Waals surface area contributed by atoms with Gasteiger partial charge in [0.1, 0.15) is 11.8 Å². The molecule has 7 heteroatoms. The molecule has 1 unspecified atom stereocenters. The molecular formula is C10H8N3NaO3. The van der Waals surface area contributed by atoms with Crippen LogP contribution < -0.4 is 45.4 Å². The molecule has 2 rings (SSSR count). The van der Waals surface area contributed by atoms with Crippen molar-refractivity contribution in [2.75, 3.05) is 5.01 Å². The fourth-order valence-electron chi connectivity index (χ4n) is 1.39. The second-order valence-electron chi connectivity index (χ2n) is 3.24. The van der Waals surface area contributed by atoms with Crippen molar-refractivity contribution in [3.63, 3.8) is 0 Å². The van der Waals surface area contributed by atoms with Gasteiger partial charge in [-0.1, -0.05) is 18.2 Å². The van der Waals surface area contributed by atoms with Crippen molar-refractivity contribution in [3.8, 4) is 0 Å². The molecule has 17 heavy (non-hydrogen) atoms. The van der Waals surface area contributed by atoms with E-state index in [0.717, 1.165) is 5.01 Å². The maximum Gasteiger partial charge on any atom is 1.00 e. The van der Waals surface area contributed by atoms with Gasteiger partial charge < -0.3 is 15.6 Å². The molecule has 0 aliphatic carbocycles. The average Bonchev–Trinajstić information content (AvgIpc) is 2.58. The van der Waals surface area contributed by atoms with Gasteiger partial charge in [0, 0.05) is 0 Å². The predicted octanol–water partition coefficient (Wildman–Crippen LogP) is -4.53. The molecule has 1 amide bonds. The standard InChI is InChI=1S/C10H9N3O3.Na/c11-7-8(10(15)16)12-13(9(7)14)6-4-2-1-3-5-6;/h1-5,7H,11H2,(H,15,16);/q;+1/p-1. The summed E-state index contributed by atoms with van der Waals surface area (Å²) in [6, 6.07) is 7.19. The molecular weight excluding hydrogens is 233 g/mol. The molecule has 6 nitrogen and oxygen atoms in total. The van der Waals surface area contributed by atoms with Crippen LogP contribution in [-0.2, 0) is 9.59 Å². The Morgan fingerprint density at radius 3 is 2.41 bits per heavy atom. The van der Waals surface area contributed by atoms with E-state index in [1.165, 1.54) is 0 Å². The van der Waals surface area contributed by atoms with Crippen LogP contribution in [0.4, 0.5) is 5.69 Å². The zero-order chi connectivity index (χ0) is 11.7. The van der Waals surface area contributed by atoms with Crippen molar-refractivity contribution in [3.05, 3.63) is 30.3 Å². The number of carbonyl (C=O) groups excluding carboxylic acids is 2. The minimum atomic E-state index is -1.53. The summed E-state index contributed by atoms with van der Waals surface area (Å²) in [5.41, 5.74) is 5.43. The van der Waals surface area contributed by atoms with Crippen LogP contribution in [-0.4, -0.2) is 23.6 Å². The predicted molar refractivity (Wildman–Crippen MR) is 54.3 cm³/mol. The number of benzene rings is 1. The van der Waals surface area contributed by atoms with Gasteiger partial charge >= 0.3 is 29.6 Å². The number of nitrogens with zero attached hydrogens (tertiary/aromatic N) is 2. The Balaban J connectivity index is 0.00000144. The van der Waals surface area contributed by atoms with Crippen LogP contribution in [0.25, 0.3) is 0 Å². The van der Waals surface area contributed by atoms with Gasteiger partial charge in [-0.2, -0.15) is 10.1 Å². The molecule has 82 valence electrons. The number of anilines is 1. The summed E-state index contributed by atoms with van der Waals surface area (Å²) in [5, 5.41) is 15.2. The third-order valence-corrected chi connectivity index (χ3v) is 2.19. The van der Waals surface area contributed by atoms with Crippen molar-refractivity contribution >= 4 is 23.3 Å². The Bertz CT molecular complexity index is 475. The average molecular weight is 241 g/mol. The van der Waals surface area contributed by atoms with Gasteiger partial charge in [0.25, 0.3) is 5.91 Å². The molecule has 0 saturated carbocycles. The summed E-state index contributed by atoms with van der Waals surface area (Å²) < 4.78 is 0. The summed E-state index contributed by atoms with van der Waals surface area (Å²) in [7, 11) is 0. The second kappa shape index (κ2) is 5.42. The second-order valence-corrected chi connectivity index (χ2v) is 3.24. The summed E-state index contributed by atoms with van der Waals surface area (Å²) >= 11 is 0. The molecule has 0 radical (unpaired) electrons. The van der Waals surface area contributed by atoms with E-state index in [4.69, 9.17) is 5.73 Å². The van der Waals surface area contributed by atoms with Crippen LogP contribution >= 0.6 is 0 Å². The molecule has 1 aliphatic rings. The molecule has 0 saturated heterocycles. The number of hydrogen-bond acceptors (Lipinski definition) is 5. The number of carboxylic acids is 1. The minimum Gasteiger partial charge on any atom is -0.543 e. The van der Waals surface area contributed by atoms with Gasteiger partial charge in [0.2, 0.25) is 0 Å². The molecule has 1 heterocycles. The number of nitrogens with two attached hydrogens (primary N) is 1. The number of hydrazone groups is 1. The van der Waals surface area contributed by atoms with Crippen LogP contribution in [0, 0.1) is 0 Å². The molecule has 1 atom stereocenters. The molecule has 1 aliphatic heterocycles. The van der Waals surface area contributed by atoms with E-state index < -0.39 is 23.6 Å². The van der Waals surface area contributed by atoms with Crippen molar-refractivity contribution in [2.24, 2.45) is 10.8 Å². The van der Waals surface area contributed by atoms with Crippen LogP contribution in [0.5, 0.6) is 0 Å². The van der Waals surface area contributed by atoms with Crippen LogP contribution in [0.1, 0.15) is 0 Å². The molecule has 1 aromatic rings. The minimum absolute atomic E-state index is 0. The maximum atomic E-state index is 11.6. The first-order valence-electron chi connectivity index (χ1n) is 4.55. The maximum absolute atomic E-state index is 11.6. The Morgan fingerprint density at radius 1 is 1.35 bits per heavy atom. The van der Waals surface area contributed by atoms with E-state index in [-0.39, 0.29) is 29.6 Å². The van der Waals surface area contributed by atoms with Crippen molar-refractivity contribution in [1.29, 1.82) is 0 Å². The zero-order valence-electron chi connectivity index (χ0n) is 9.16. The smallest absolute Gasteiger partial charge is 0.543 e. The van der Waals surface area contributed by atoms with Gasteiger partial charge in [-0.25, -0.2) is 0 Å². The van der Waals surface area contributed by atoms with E-state index in [2.05, 4.69) is 5.10 Å². The van der Waals surface area contributed by atoms with Crippen LogP contribution in [0.15, 0.2) is 35.4 Å². The summed E-state index contributed by atoms with van der Waals surface area (Å²) in [6.07, 6.45) is 0. The van der Waals surface area contributed by atoms with E-state index in [0.29, 0.717) is 5.69 Å². The first kappa shape index (κ1) is 13.9. The van der Waals surface area contributed by atoms with E-state index in [1.54, 1.807) is 30.3 Å². The number of carboxylic acid groups (broad SMARTS) is 1. The Kier molecular flexibility index (Phi) is 4.41. The SMILES string of the molecule is NC1C(=O)N(c2ccccc2)N=C1C(=O)[O-].[Na+]. The van der Waals surface area contributed by atoms with Crippen molar-refractivity contribution in [2.45, 2.75) is 6.04 Å². The molecule has 2 N–H and O–H groups in total. The summed E-state index contributed by atoms with van der Waals surface area (Å²) in [6.45, 7) is 0. The Morgan fingerprint density at radius 2 is 1.94 bits per heavy atom. The van der Waals surface area contributed by atoms with Gasteiger partial charge in [-0.15, -0.1) is 0 Å². The number of amides is 1. The number of rotatable bonds is 2. The van der Waals surface area contributed by atoms with E-state index in [1.807, 2.05) is 0 Å². The number of hydrogen-bond donors (Lipinski definition) is 1. The quantitative estimate of drug-likeness (QED) is 0.527. The fourth-order valence-corrected chi connectivity index (χ4v) is 1.39. The summed E-state index contributed by atoms with van der Waals surface area (Å²) in [4.78, 5) is 22.2. The van der Waals surface area contributed by atoms with E-state index >= 15 is 0 Å². The fraction of sp³-hybridized carbons (Fsp3) is 0.100. The number of carbonyl (C=O) groups is 2.